The second-order valence-corrected chi connectivity index (χ2v) is 7.48. The summed E-state index contributed by atoms with van der Waals surface area (Å²) in [6.45, 7) is 7.51. The fraction of sp³-hybridized carbons (Fsp3) is 0.500. The van der Waals surface area contributed by atoms with Crippen molar-refractivity contribution in [2.45, 2.75) is 38.3 Å². The molecule has 2 rings (SSSR count). The van der Waals surface area contributed by atoms with E-state index in [9.17, 15) is 15.0 Å². The predicted octanol–water partition coefficient (Wildman–Crippen LogP) is 3.20. The molecule has 0 aliphatic rings. The first kappa shape index (κ1) is 16.2. The van der Waals surface area contributed by atoms with Gasteiger partial charge < -0.3 is 10.2 Å². The van der Waals surface area contributed by atoms with Crippen LogP contribution >= 0.6 is 23.1 Å². The standard InChI is InChI=1S/C14H18N2O3S2/c1-7(2)14(4,19)5-20-11-9-8(3)10(13(17)18)21-12(9)16-6-15-11/h6-7,19H,5H2,1-4H3,(H,17,18). The van der Waals surface area contributed by atoms with E-state index in [0.717, 1.165) is 21.7 Å². The molecule has 0 aromatic carbocycles. The van der Waals surface area contributed by atoms with Gasteiger partial charge in [0.15, 0.2) is 0 Å². The maximum Gasteiger partial charge on any atom is 0.346 e. The van der Waals surface area contributed by atoms with E-state index in [1.165, 1.54) is 18.1 Å². The van der Waals surface area contributed by atoms with Crippen molar-refractivity contribution in [3.05, 3.63) is 16.8 Å². The van der Waals surface area contributed by atoms with E-state index in [1.807, 2.05) is 13.8 Å². The Kier molecular flexibility index (Phi) is 4.55. The number of aliphatic hydroxyl groups is 1. The van der Waals surface area contributed by atoms with Crippen LogP contribution in [0.1, 0.15) is 36.0 Å². The van der Waals surface area contributed by atoms with Gasteiger partial charge in [0, 0.05) is 11.1 Å². The van der Waals surface area contributed by atoms with E-state index in [0.29, 0.717) is 21.0 Å². The summed E-state index contributed by atoms with van der Waals surface area (Å²) in [5, 5.41) is 21.0. The zero-order chi connectivity index (χ0) is 15.8. The second-order valence-electron chi connectivity index (χ2n) is 5.52. The van der Waals surface area contributed by atoms with Crippen molar-refractivity contribution in [1.29, 1.82) is 0 Å². The largest absolute Gasteiger partial charge is 0.477 e. The lowest BCUT2D eigenvalue weighted by atomic mass is 9.95. The molecule has 2 N–H and O–H groups in total. The van der Waals surface area contributed by atoms with Gasteiger partial charge in [0.25, 0.3) is 0 Å². The molecular weight excluding hydrogens is 308 g/mol. The Balaban J connectivity index is 2.39. The third-order valence-electron chi connectivity index (χ3n) is 3.63. The number of hydrogen-bond donors (Lipinski definition) is 2. The lowest BCUT2D eigenvalue weighted by Crippen LogP contribution is -2.33. The minimum absolute atomic E-state index is 0.125. The quantitative estimate of drug-likeness (QED) is 0.648. The molecule has 0 saturated carbocycles. The molecule has 0 radical (unpaired) electrons. The van der Waals surface area contributed by atoms with Crippen molar-refractivity contribution >= 4 is 39.3 Å². The highest BCUT2D eigenvalue weighted by molar-refractivity contribution is 7.99. The summed E-state index contributed by atoms with van der Waals surface area (Å²) in [5.41, 5.74) is -0.114. The lowest BCUT2D eigenvalue weighted by molar-refractivity contribution is 0.0376. The Morgan fingerprint density at radius 3 is 2.71 bits per heavy atom. The molecule has 1 atom stereocenters. The maximum absolute atomic E-state index is 11.2. The molecule has 0 amide bonds. The molecule has 0 bridgehead atoms. The van der Waals surface area contributed by atoms with Crippen molar-refractivity contribution in [1.82, 2.24) is 9.97 Å². The average molecular weight is 326 g/mol. The van der Waals surface area contributed by atoms with E-state index in [4.69, 9.17) is 0 Å². The van der Waals surface area contributed by atoms with E-state index >= 15 is 0 Å². The highest BCUT2D eigenvalue weighted by atomic mass is 32.2. The average Bonchev–Trinajstić information content (AvgIpc) is 2.74. The van der Waals surface area contributed by atoms with Crippen molar-refractivity contribution in [2.75, 3.05) is 5.75 Å². The van der Waals surface area contributed by atoms with Crippen LogP contribution in [-0.2, 0) is 0 Å². The number of carbonyl (C=O) groups is 1. The number of carboxylic acids is 1. The fourth-order valence-corrected chi connectivity index (χ4v) is 4.06. The molecule has 2 aromatic rings. The molecular formula is C14H18N2O3S2. The number of aromatic carboxylic acids is 1. The highest BCUT2D eigenvalue weighted by Crippen LogP contribution is 2.36. The summed E-state index contributed by atoms with van der Waals surface area (Å²) in [7, 11) is 0. The summed E-state index contributed by atoms with van der Waals surface area (Å²) in [6, 6.07) is 0. The number of thiophene rings is 1. The zero-order valence-electron chi connectivity index (χ0n) is 12.4. The first-order valence-corrected chi connectivity index (χ1v) is 8.37. The number of aromatic nitrogens is 2. The topological polar surface area (TPSA) is 83.3 Å². The van der Waals surface area contributed by atoms with Crippen LogP contribution in [0.3, 0.4) is 0 Å². The smallest absolute Gasteiger partial charge is 0.346 e. The van der Waals surface area contributed by atoms with Crippen molar-refractivity contribution < 1.29 is 15.0 Å². The third kappa shape index (κ3) is 3.20. The van der Waals surface area contributed by atoms with Gasteiger partial charge in [0.05, 0.1) is 5.60 Å². The Morgan fingerprint density at radius 2 is 2.14 bits per heavy atom. The van der Waals surface area contributed by atoms with Crippen LogP contribution in [0.25, 0.3) is 10.2 Å². The molecule has 0 fully saturated rings. The zero-order valence-corrected chi connectivity index (χ0v) is 14.0. The molecule has 0 spiro atoms. The fourth-order valence-electron chi connectivity index (χ4n) is 1.73. The SMILES string of the molecule is Cc1c(C(=O)O)sc2ncnc(SCC(C)(O)C(C)C)c12. The third-order valence-corrected chi connectivity index (χ3v) is 6.13. The number of rotatable bonds is 5. The van der Waals surface area contributed by atoms with Crippen LogP contribution in [0, 0.1) is 12.8 Å². The maximum atomic E-state index is 11.2. The van der Waals surface area contributed by atoms with Gasteiger partial charge in [-0.3, -0.25) is 0 Å². The molecule has 1 unspecified atom stereocenters. The van der Waals surface area contributed by atoms with Gasteiger partial charge in [-0.05, 0) is 25.3 Å². The predicted molar refractivity (Wildman–Crippen MR) is 85.3 cm³/mol. The Labute approximate surface area is 131 Å². The molecule has 0 saturated heterocycles. The van der Waals surface area contributed by atoms with Gasteiger partial charge in [0.1, 0.15) is 21.1 Å². The van der Waals surface area contributed by atoms with Crippen LogP contribution in [0.15, 0.2) is 11.4 Å². The molecule has 21 heavy (non-hydrogen) atoms. The van der Waals surface area contributed by atoms with Crippen LogP contribution in [0.2, 0.25) is 0 Å². The van der Waals surface area contributed by atoms with Gasteiger partial charge >= 0.3 is 5.97 Å². The number of carboxylic acid groups (broad SMARTS) is 1. The van der Waals surface area contributed by atoms with E-state index in [-0.39, 0.29) is 5.92 Å². The first-order chi connectivity index (χ1) is 9.74. The van der Waals surface area contributed by atoms with E-state index in [2.05, 4.69) is 9.97 Å². The Morgan fingerprint density at radius 1 is 1.48 bits per heavy atom. The molecule has 5 nitrogen and oxygen atoms in total. The van der Waals surface area contributed by atoms with E-state index < -0.39 is 11.6 Å². The van der Waals surface area contributed by atoms with Crippen LogP contribution in [0.4, 0.5) is 0 Å². The van der Waals surface area contributed by atoms with Crippen LogP contribution in [0.5, 0.6) is 0 Å². The molecule has 2 aromatic heterocycles. The second kappa shape index (κ2) is 5.90. The van der Waals surface area contributed by atoms with Crippen molar-refractivity contribution in [3.8, 4) is 0 Å². The Hall–Kier alpha value is -1.18. The summed E-state index contributed by atoms with van der Waals surface area (Å²) in [6.07, 6.45) is 1.44. The molecule has 0 aliphatic carbocycles. The van der Waals surface area contributed by atoms with Gasteiger partial charge in [-0.25, -0.2) is 14.8 Å². The molecule has 7 heteroatoms. The number of aryl methyl sites for hydroxylation is 1. The Bertz CT molecular complexity index is 680. The molecule has 0 aliphatic heterocycles. The van der Waals surface area contributed by atoms with Gasteiger partial charge in [-0.15, -0.1) is 23.1 Å². The normalized spacial score (nSPS) is 14.6. The molecule has 2 heterocycles. The van der Waals surface area contributed by atoms with Crippen molar-refractivity contribution in [3.63, 3.8) is 0 Å². The summed E-state index contributed by atoms with van der Waals surface area (Å²) in [5.74, 6) is -0.324. The van der Waals surface area contributed by atoms with Crippen molar-refractivity contribution in [2.24, 2.45) is 5.92 Å². The number of nitrogens with zero attached hydrogens (tertiary/aromatic N) is 2. The monoisotopic (exact) mass is 326 g/mol. The van der Waals surface area contributed by atoms with Crippen LogP contribution < -0.4 is 0 Å². The van der Waals surface area contributed by atoms with Gasteiger partial charge in [-0.1, -0.05) is 13.8 Å². The number of hydrogen-bond acceptors (Lipinski definition) is 6. The first-order valence-electron chi connectivity index (χ1n) is 6.56. The minimum atomic E-state index is -0.944. The summed E-state index contributed by atoms with van der Waals surface area (Å²) < 4.78 is 0. The molecule has 114 valence electrons. The minimum Gasteiger partial charge on any atom is -0.477 e. The van der Waals surface area contributed by atoms with Crippen LogP contribution in [-0.4, -0.2) is 37.5 Å². The summed E-state index contributed by atoms with van der Waals surface area (Å²) in [4.78, 5) is 20.6. The lowest BCUT2D eigenvalue weighted by Gasteiger charge is -2.26. The van der Waals surface area contributed by atoms with Gasteiger partial charge in [0.2, 0.25) is 0 Å². The van der Waals surface area contributed by atoms with E-state index in [1.54, 1.807) is 13.8 Å². The number of thioether (sulfide) groups is 1. The number of fused-ring (bicyclic) bond motifs is 1. The van der Waals surface area contributed by atoms with Gasteiger partial charge in [-0.2, -0.15) is 0 Å². The summed E-state index contributed by atoms with van der Waals surface area (Å²) >= 11 is 2.60. The highest BCUT2D eigenvalue weighted by Gasteiger charge is 2.26.